The number of nitrogens with one attached hydrogen (secondary N) is 2. The van der Waals surface area contributed by atoms with Gasteiger partial charge in [0.15, 0.2) is 5.13 Å². The number of amides is 2. The monoisotopic (exact) mass is 532 g/mol. The van der Waals surface area contributed by atoms with Gasteiger partial charge in [-0.05, 0) is 39.0 Å². The highest BCUT2D eigenvalue weighted by atomic mass is 32.2. The van der Waals surface area contributed by atoms with E-state index in [1.54, 1.807) is 0 Å². The summed E-state index contributed by atoms with van der Waals surface area (Å²) in [5.74, 6) is -0.174. The molecule has 0 radical (unpaired) electrons. The zero-order valence-corrected chi connectivity index (χ0v) is 22.0. The minimum atomic E-state index is -3.50. The molecule has 2 N–H and O–H groups in total. The number of morpholine rings is 1. The molecule has 13 heteroatoms. The molecule has 0 aliphatic carbocycles. The summed E-state index contributed by atoms with van der Waals surface area (Å²) in [7, 11) is -3.50. The topological polar surface area (TPSA) is 136 Å². The second kappa shape index (κ2) is 10.4. The summed E-state index contributed by atoms with van der Waals surface area (Å²) in [6, 6.07) is 6.24. The van der Waals surface area contributed by atoms with Crippen LogP contribution in [-0.4, -0.2) is 71.8 Å². The Hall–Kier alpha value is -3.29. The van der Waals surface area contributed by atoms with Gasteiger partial charge in [0.2, 0.25) is 15.9 Å². The van der Waals surface area contributed by atoms with Crippen molar-refractivity contribution in [1.29, 1.82) is 0 Å². The molecule has 3 aromatic rings. The Balaban J connectivity index is 1.38. The van der Waals surface area contributed by atoms with Crippen molar-refractivity contribution in [3.05, 3.63) is 47.6 Å². The van der Waals surface area contributed by atoms with Crippen LogP contribution in [0.1, 0.15) is 31.1 Å². The Kier molecular flexibility index (Phi) is 7.43. The molecule has 11 nitrogen and oxygen atoms in total. The van der Waals surface area contributed by atoms with Gasteiger partial charge in [-0.25, -0.2) is 18.4 Å². The maximum atomic E-state index is 12.6. The first-order chi connectivity index (χ1) is 17.0. The van der Waals surface area contributed by atoms with Crippen molar-refractivity contribution >= 4 is 44.1 Å². The summed E-state index contributed by atoms with van der Waals surface area (Å²) in [6.45, 7) is 7.11. The smallest absolute Gasteiger partial charge is 0.253 e. The predicted octanol–water partition coefficient (Wildman–Crippen LogP) is 2.18. The number of hydrogen-bond acceptors (Lipinski definition) is 9. The van der Waals surface area contributed by atoms with E-state index in [1.165, 1.54) is 36.7 Å². The van der Waals surface area contributed by atoms with E-state index in [9.17, 15) is 18.0 Å². The molecule has 0 saturated carbocycles. The van der Waals surface area contributed by atoms with Gasteiger partial charge in [0, 0.05) is 30.9 Å². The van der Waals surface area contributed by atoms with E-state index in [1.807, 2.05) is 37.4 Å². The number of nitrogens with zero attached hydrogens (tertiary/aromatic N) is 4. The van der Waals surface area contributed by atoms with Gasteiger partial charge < -0.3 is 20.3 Å². The van der Waals surface area contributed by atoms with E-state index in [0.29, 0.717) is 16.5 Å². The number of thiazole rings is 1. The van der Waals surface area contributed by atoms with Gasteiger partial charge >= 0.3 is 0 Å². The van der Waals surface area contributed by atoms with Gasteiger partial charge in [-0.15, -0.1) is 11.3 Å². The lowest BCUT2D eigenvalue weighted by Crippen LogP contribution is -2.45. The number of ether oxygens (including phenoxy) is 1. The fourth-order valence-electron chi connectivity index (χ4n) is 3.83. The number of carbonyl (C=O) groups excluding carboxylic acids is 2. The van der Waals surface area contributed by atoms with E-state index in [4.69, 9.17) is 9.72 Å². The summed E-state index contributed by atoms with van der Waals surface area (Å²) in [6.07, 6.45) is 3.73. The predicted molar refractivity (Wildman–Crippen MR) is 138 cm³/mol. The van der Waals surface area contributed by atoms with Crippen molar-refractivity contribution in [3.8, 4) is 11.4 Å². The zero-order valence-electron chi connectivity index (χ0n) is 20.3. The number of anilines is 2. The lowest BCUT2D eigenvalue weighted by molar-refractivity contribution is -0.117. The van der Waals surface area contributed by atoms with Crippen molar-refractivity contribution in [2.24, 2.45) is 0 Å². The fourth-order valence-corrected chi connectivity index (χ4v) is 5.13. The molecule has 0 spiro atoms. The maximum absolute atomic E-state index is 12.6. The van der Waals surface area contributed by atoms with E-state index in [0.717, 1.165) is 29.1 Å². The first-order valence-corrected chi connectivity index (χ1v) is 14.1. The average Bonchev–Trinajstić information content (AvgIpc) is 3.48. The Morgan fingerprint density at radius 1 is 1.14 bits per heavy atom. The Morgan fingerprint density at radius 2 is 1.86 bits per heavy atom. The van der Waals surface area contributed by atoms with Crippen LogP contribution in [0.25, 0.3) is 11.4 Å². The molecule has 4 rings (SSSR count). The summed E-state index contributed by atoms with van der Waals surface area (Å²) in [5.41, 5.74) is 1.45. The zero-order chi connectivity index (χ0) is 26.0. The average molecular weight is 533 g/mol. The normalized spacial score (nSPS) is 19.1. The lowest BCUT2D eigenvalue weighted by atomic mass is 10.2. The van der Waals surface area contributed by atoms with Crippen LogP contribution in [0.4, 0.5) is 10.9 Å². The van der Waals surface area contributed by atoms with Crippen LogP contribution in [-0.2, 0) is 19.6 Å². The Morgan fingerprint density at radius 3 is 2.53 bits per heavy atom. The first-order valence-electron chi connectivity index (χ1n) is 11.3. The Bertz CT molecular complexity index is 1360. The van der Waals surface area contributed by atoms with Crippen molar-refractivity contribution in [2.75, 3.05) is 29.6 Å². The minimum Gasteiger partial charge on any atom is -0.372 e. The summed E-state index contributed by atoms with van der Waals surface area (Å²) in [4.78, 5) is 36.5. The molecule has 0 aromatic carbocycles. The minimum absolute atomic E-state index is 0.113. The second-order valence-electron chi connectivity index (χ2n) is 8.76. The van der Waals surface area contributed by atoms with Crippen LogP contribution in [0.5, 0.6) is 0 Å². The SMILES string of the molecule is CC1CN(c2cccc(-c3csc(NC(=O)[C@@H](C)NC(=O)c4ccn(S(C)(=O)=O)c4)n3)n2)C[C@@H](C)O1. The number of pyridine rings is 1. The van der Waals surface area contributed by atoms with Gasteiger partial charge in [0.1, 0.15) is 17.6 Å². The summed E-state index contributed by atoms with van der Waals surface area (Å²) < 4.78 is 29.9. The maximum Gasteiger partial charge on any atom is 0.253 e. The molecule has 2 amide bonds. The lowest BCUT2D eigenvalue weighted by Gasteiger charge is -2.36. The number of carbonyl (C=O) groups is 2. The van der Waals surface area contributed by atoms with E-state index >= 15 is 0 Å². The van der Waals surface area contributed by atoms with Gasteiger partial charge in [-0.1, -0.05) is 6.07 Å². The molecule has 36 heavy (non-hydrogen) atoms. The standard InChI is InChI=1S/C23H28N6O5S2/c1-14-10-28(11-15(2)34-14)20-7-5-6-18(25-20)19-13-35-23(26-19)27-21(30)16(3)24-22(31)17-8-9-29(12-17)36(4,32)33/h5-9,12-16H,10-11H2,1-4H3,(H,24,31)(H,26,27,30)/t14-,15?,16-/m1/s1. The van der Waals surface area contributed by atoms with Crippen LogP contribution in [0, 0.1) is 0 Å². The third-order valence-electron chi connectivity index (χ3n) is 5.53. The first kappa shape index (κ1) is 25.8. The molecule has 1 aliphatic heterocycles. The highest BCUT2D eigenvalue weighted by molar-refractivity contribution is 7.89. The van der Waals surface area contributed by atoms with E-state index < -0.39 is 27.9 Å². The molecular weight excluding hydrogens is 504 g/mol. The molecule has 1 unspecified atom stereocenters. The summed E-state index contributed by atoms with van der Waals surface area (Å²) in [5, 5.41) is 7.45. The van der Waals surface area contributed by atoms with Gasteiger partial charge in [0.25, 0.3) is 5.91 Å². The molecular formula is C23H28N6O5S2. The van der Waals surface area contributed by atoms with Crippen LogP contribution >= 0.6 is 11.3 Å². The third kappa shape index (κ3) is 6.09. The second-order valence-corrected chi connectivity index (χ2v) is 11.5. The van der Waals surface area contributed by atoms with Gasteiger partial charge in [-0.3, -0.25) is 13.6 Å². The molecule has 3 atom stereocenters. The molecule has 192 valence electrons. The third-order valence-corrected chi connectivity index (χ3v) is 7.28. The van der Waals surface area contributed by atoms with Crippen LogP contribution < -0.4 is 15.5 Å². The highest BCUT2D eigenvalue weighted by Crippen LogP contribution is 2.26. The van der Waals surface area contributed by atoms with Crippen LogP contribution in [0.2, 0.25) is 0 Å². The molecule has 3 aromatic heterocycles. The van der Waals surface area contributed by atoms with Crippen molar-refractivity contribution < 1.29 is 22.7 Å². The van der Waals surface area contributed by atoms with E-state index in [-0.39, 0.29) is 17.8 Å². The van der Waals surface area contributed by atoms with Crippen molar-refractivity contribution in [2.45, 2.75) is 39.0 Å². The quantitative estimate of drug-likeness (QED) is 0.473. The Labute approximate surface area is 213 Å². The highest BCUT2D eigenvalue weighted by Gasteiger charge is 2.24. The number of aromatic nitrogens is 3. The molecule has 1 saturated heterocycles. The number of hydrogen-bond donors (Lipinski definition) is 2. The molecule has 4 heterocycles. The number of rotatable bonds is 7. The fraction of sp³-hybridized carbons (Fsp3) is 0.391. The van der Waals surface area contributed by atoms with Gasteiger partial charge in [0.05, 0.1) is 29.7 Å². The molecule has 1 fully saturated rings. The summed E-state index contributed by atoms with van der Waals surface area (Å²) >= 11 is 1.25. The van der Waals surface area contributed by atoms with E-state index in [2.05, 4.69) is 20.5 Å². The largest absolute Gasteiger partial charge is 0.372 e. The van der Waals surface area contributed by atoms with Crippen molar-refractivity contribution in [3.63, 3.8) is 0 Å². The molecule has 1 aliphatic rings. The van der Waals surface area contributed by atoms with Crippen LogP contribution in [0.15, 0.2) is 42.0 Å². The van der Waals surface area contributed by atoms with Crippen molar-refractivity contribution in [1.82, 2.24) is 19.3 Å². The molecule has 0 bridgehead atoms. The van der Waals surface area contributed by atoms with Crippen LogP contribution in [0.3, 0.4) is 0 Å². The van der Waals surface area contributed by atoms with Gasteiger partial charge in [-0.2, -0.15) is 0 Å².